The molecule has 0 aliphatic carbocycles. The molecule has 6 fully saturated rings. The summed E-state index contributed by atoms with van der Waals surface area (Å²) >= 11 is 0. The molecule has 12 heteroatoms. The van der Waals surface area contributed by atoms with Gasteiger partial charge >= 0.3 is 15.6 Å². The zero-order valence-electron chi connectivity index (χ0n) is 15.3. The van der Waals surface area contributed by atoms with Crippen molar-refractivity contribution < 1.29 is 45.7 Å². The predicted molar refractivity (Wildman–Crippen MR) is 91.2 cm³/mol. The van der Waals surface area contributed by atoms with Crippen LogP contribution in [0.15, 0.2) is 0 Å². The fraction of sp³-hybridized carbons (Fsp3) is 1.00. The van der Waals surface area contributed by atoms with Gasteiger partial charge in [0.05, 0.1) is 63.7 Å². The van der Waals surface area contributed by atoms with Gasteiger partial charge in [-0.1, -0.05) is 6.92 Å². The largest absolute Gasteiger partial charge is 0.474 e. The fourth-order valence-electron chi connectivity index (χ4n) is 3.15. The summed E-state index contributed by atoms with van der Waals surface area (Å²) in [6.45, 7) is 6.14. The van der Waals surface area contributed by atoms with Crippen molar-refractivity contribution in [3.8, 4) is 0 Å². The zero-order valence-corrected chi connectivity index (χ0v) is 17.1. The quantitative estimate of drug-likeness (QED) is 0.401. The molecule has 0 N–H and O–H groups in total. The summed E-state index contributed by atoms with van der Waals surface area (Å²) in [5.74, 6) is 0.307. The molecule has 4 bridgehead atoms. The van der Waals surface area contributed by atoms with Gasteiger partial charge in [0, 0.05) is 13.2 Å². The Morgan fingerprint density at radius 2 is 1.19 bits per heavy atom. The van der Waals surface area contributed by atoms with Crippen LogP contribution in [0.25, 0.3) is 0 Å². The Labute approximate surface area is 158 Å². The Morgan fingerprint density at radius 1 is 0.778 bits per heavy atom. The van der Waals surface area contributed by atoms with E-state index in [1.807, 2.05) is 0 Å². The van der Waals surface area contributed by atoms with Gasteiger partial charge in [-0.25, -0.2) is 9.13 Å². The second-order valence-corrected chi connectivity index (χ2v) is 11.3. The summed E-state index contributed by atoms with van der Waals surface area (Å²) in [5, 5.41) is 0. The van der Waals surface area contributed by atoms with Gasteiger partial charge in [0.15, 0.2) is 0 Å². The molecule has 6 aliphatic rings. The number of phosphoric acid groups is 2. The molecule has 0 aromatic carbocycles. The molecule has 6 saturated heterocycles. The van der Waals surface area contributed by atoms with Crippen LogP contribution in [-0.2, 0) is 45.7 Å². The normalized spacial score (nSPS) is 44.5. The number of hydrogen-bond acceptors (Lipinski definition) is 10. The number of rotatable bonds is 9. The number of hydrogen-bond donors (Lipinski definition) is 0. The molecule has 0 saturated carbocycles. The molecular weight excluding hydrogens is 402 g/mol. The SMILES string of the molecule is CC(CCOCC12COP(=O)(OC1)OC2)COCC12COP(=O)(OC1)OC2. The number of fused-ring (bicyclic) bond motifs is 6. The molecular formula is C15H26O10P2. The Morgan fingerprint density at radius 3 is 1.63 bits per heavy atom. The molecule has 0 aromatic rings. The summed E-state index contributed by atoms with van der Waals surface area (Å²) in [6.07, 6.45) is 0.836. The number of phosphoric ester groups is 2. The highest BCUT2D eigenvalue weighted by molar-refractivity contribution is 7.48. The standard InChI is InChI=1S/C15H26O10P2/c1-13(4-19-6-15-10-23-27(17,24-11-15)25-12-15)2-3-18-5-14-7-20-26(16,21-8-14)22-9-14/h13H,2-12H2,1H3. The molecule has 6 aliphatic heterocycles. The summed E-state index contributed by atoms with van der Waals surface area (Å²) < 4.78 is 66.0. The summed E-state index contributed by atoms with van der Waals surface area (Å²) in [5.41, 5.74) is -0.741. The van der Waals surface area contributed by atoms with Crippen LogP contribution >= 0.6 is 15.6 Å². The van der Waals surface area contributed by atoms with E-state index in [1.165, 1.54) is 0 Å². The first-order valence-corrected chi connectivity index (χ1v) is 12.0. The van der Waals surface area contributed by atoms with E-state index in [0.717, 1.165) is 6.42 Å². The second-order valence-electron chi connectivity index (χ2n) is 8.00. The maximum absolute atomic E-state index is 11.7. The fourth-order valence-corrected chi connectivity index (χ4v) is 6.19. The minimum atomic E-state index is -3.28. The first-order chi connectivity index (χ1) is 12.8. The Kier molecular flexibility index (Phi) is 5.87. The summed E-state index contributed by atoms with van der Waals surface area (Å²) in [7, 11) is -6.55. The monoisotopic (exact) mass is 428 g/mol. The average molecular weight is 428 g/mol. The van der Waals surface area contributed by atoms with E-state index >= 15 is 0 Å². The predicted octanol–water partition coefficient (Wildman–Crippen LogP) is 2.39. The van der Waals surface area contributed by atoms with E-state index < -0.39 is 15.6 Å². The lowest BCUT2D eigenvalue weighted by molar-refractivity contribution is -0.132. The first-order valence-electron chi connectivity index (χ1n) is 9.07. The topological polar surface area (TPSA) is 108 Å². The van der Waals surface area contributed by atoms with Gasteiger partial charge < -0.3 is 9.47 Å². The maximum Gasteiger partial charge on any atom is 0.474 e. The summed E-state index contributed by atoms with van der Waals surface area (Å²) in [4.78, 5) is 0. The van der Waals surface area contributed by atoms with Gasteiger partial charge in [-0.2, -0.15) is 0 Å². The molecule has 0 spiro atoms. The lowest BCUT2D eigenvalue weighted by Gasteiger charge is -2.44. The second kappa shape index (κ2) is 7.76. The highest BCUT2D eigenvalue weighted by atomic mass is 31.2. The van der Waals surface area contributed by atoms with Gasteiger partial charge in [0.2, 0.25) is 0 Å². The van der Waals surface area contributed by atoms with Crippen LogP contribution in [0.3, 0.4) is 0 Å². The molecule has 156 valence electrons. The van der Waals surface area contributed by atoms with E-state index in [2.05, 4.69) is 6.92 Å². The number of ether oxygens (including phenoxy) is 2. The van der Waals surface area contributed by atoms with Crippen LogP contribution in [0.1, 0.15) is 13.3 Å². The van der Waals surface area contributed by atoms with Crippen molar-refractivity contribution in [2.24, 2.45) is 16.7 Å². The van der Waals surface area contributed by atoms with Gasteiger partial charge in [-0.3, -0.25) is 27.1 Å². The Bertz CT molecular complexity index is 578. The summed E-state index contributed by atoms with van der Waals surface area (Å²) in [6, 6.07) is 0. The third kappa shape index (κ3) is 4.67. The Balaban J connectivity index is 1.10. The van der Waals surface area contributed by atoms with E-state index in [1.54, 1.807) is 0 Å². The molecule has 1 atom stereocenters. The van der Waals surface area contributed by atoms with E-state index in [9.17, 15) is 9.13 Å². The van der Waals surface area contributed by atoms with Gasteiger partial charge in [-0.05, 0) is 12.3 Å². The van der Waals surface area contributed by atoms with Crippen molar-refractivity contribution >= 4 is 15.6 Å². The van der Waals surface area contributed by atoms with Crippen LogP contribution in [0, 0.1) is 16.7 Å². The lowest BCUT2D eigenvalue weighted by atomic mass is 9.92. The molecule has 0 amide bonds. The Hall–Kier alpha value is 0.140. The molecule has 6 heterocycles. The van der Waals surface area contributed by atoms with Crippen molar-refractivity contribution in [2.75, 3.05) is 66.1 Å². The first kappa shape index (κ1) is 20.4. The van der Waals surface area contributed by atoms with Crippen LogP contribution in [0.2, 0.25) is 0 Å². The molecule has 6 rings (SSSR count). The van der Waals surface area contributed by atoms with Crippen molar-refractivity contribution in [3.63, 3.8) is 0 Å². The van der Waals surface area contributed by atoms with Crippen molar-refractivity contribution in [2.45, 2.75) is 13.3 Å². The molecule has 0 aromatic heterocycles. The van der Waals surface area contributed by atoms with Gasteiger partial charge in [-0.15, -0.1) is 0 Å². The van der Waals surface area contributed by atoms with Gasteiger partial charge in [0.25, 0.3) is 0 Å². The van der Waals surface area contributed by atoms with Crippen LogP contribution in [-0.4, -0.2) is 66.1 Å². The molecule has 27 heavy (non-hydrogen) atoms. The van der Waals surface area contributed by atoms with Crippen molar-refractivity contribution in [1.29, 1.82) is 0 Å². The van der Waals surface area contributed by atoms with Crippen LogP contribution in [0.5, 0.6) is 0 Å². The average Bonchev–Trinajstić information content (AvgIpc) is 2.68. The lowest BCUT2D eigenvalue weighted by Crippen LogP contribution is -2.48. The van der Waals surface area contributed by atoms with E-state index in [-0.39, 0.29) is 10.8 Å². The van der Waals surface area contributed by atoms with Gasteiger partial charge in [0.1, 0.15) is 0 Å². The smallest absolute Gasteiger partial charge is 0.381 e. The van der Waals surface area contributed by atoms with Crippen molar-refractivity contribution in [3.05, 3.63) is 0 Å². The van der Waals surface area contributed by atoms with E-state index in [0.29, 0.717) is 72.0 Å². The minimum Gasteiger partial charge on any atom is -0.381 e. The molecule has 0 radical (unpaired) electrons. The zero-order chi connectivity index (χ0) is 19.0. The highest BCUT2D eigenvalue weighted by Crippen LogP contribution is 2.60. The minimum absolute atomic E-state index is 0.307. The molecule has 10 nitrogen and oxygen atoms in total. The third-order valence-electron chi connectivity index (χ3n) is 5.15. The third-order valence-corrected chi connectivity index (χ3v) is 7.82. The van der Waals surface area contributed by atoms with Crippen LogP contribution < -0.4 is 0 Å². The maximum atomic E-state index is 11.7. The van der Waals surface area contributed by atoms with E-state index in [4.69, 9.17) is 36.6 Å². The van der Waals surface area contributed by atoms with Crippen molar-refractivity contribution in [1.82, 2.24) is 0 Å². The van der Waals surface area contributed by atoms with Crippen LogP contribution in [0.4, 0.5) is 0 Å². The highest BCUT2D eigenvalue weighted by Gasteiger charge is 2.51. The molecule has 1 unspecified atom stereocenters.